The highest BCUT2D eigenvalue weighted by molar-refractivity contribution is 7.99. The van der Waals surface area contributed by atoms with Gasteiger partial charge in [-0.2, -0.15) is 0 Å². The Kier molecular flexibility index (Phi) is 5.18. The minimum atomic E-state index is -0.115. The molecular weight excluding hydrogens is 382 g/mol. The summed E-state index contributed by atoms with van der Waals surface area (Å²) >= 11 is 2.69. The molecule has 140 valence electrons. The first-order chi connectivity index (χ1) is 13.2. The Hall–Kier alpha value is -2.32. The SMILES string of the molecule is COc1ccc(-n2c(SCC(=O)N3CCCC3)nc3ccsc3c2=O)cc1. The third-order valence-corrected chi connectivity index (χ3v) is 6.38. The van der Waals surface area contributed by atoms with E-state index in [9.17, 15) is 9.59 Å². The highest BCUT2D eigenvalue weighted by Gasteiger charge is 2.20. The third kappa shape index (κ3) is 3.59. The number of hydrogen-bond donors (Lipinski definition) is 0. The number of thiophene rings is 1. The van der Waals surface area contributed by atoms with Crippen LogP contribution in [0, 0.1) is 0 Å². The fourth-order valence-electron chi connectivity index (χ4n) is 3.13. The van der Waals surface area contributed by atoms with E-state index in [0.29, 0.717) is 21.1 Å². The zero-order valence-corrected chi connectivity index (χ0v) is 16.5. The lowest BCUT2D eigenvalue weighted by atomic mass is 10.3. The van der Waals surface area contributed by atoms with Crippen molar-refractivity contribution < 1.29 is 9.53 Å². The number of likely N-dealkylation sites (tertiary alicyclic amines) is 1. The average Bonchev–Trinajstić information content (AvgIpc) is 3.38. The summed E-state index contributed by atoms with van der Waals surface area (Å²) in [7, 11) is 1.60. The standard InChI is InChI=1S/C19H19N3O3S2/c1-25-14-6-4-13(5-7-14)22-18(24)17-15(8-11-26-17)20-19(22)27-12-16(23)21-9-2-3-10-21/h4-8,11H,2-3,9-10,12H2,1H3. The van der Waals surface area contributed by atoms with Crippen molar-refractivity contribution in [3.63, 3.8) is 0 Å². The highest BCUT2D eigenvalue weighted by atomic mass is 32.2. The molecule has 1 saturated heterocycles. The topological polar surface area (TPSA) is 64.4 Å². The fourth-order valence-corrected chi connectivity index (χ4v) is 4.81. The molecule has 6 nitrogen and oxygen atoms in total. The Morgan fingerprint density at radius 3 is 2.67 bits per heavy atom. The molecule has 8 heteroatoms. The minimum absolute atomic E-state index is 0.0958. The lowest BCUT2D eigenvalue weighted by Gasteiger charge is -2.16. The zero-order valence-electron chi connectivity index (χ0n) is 14.9. The number of methoxy groups -OCH3 is 1. The van der Waals surface area contributed by atoms with Crippen LogP contribution in [0.5, 0.6) is 5.75 Å². The molecule has 3 heterocycles. The van der Waals surface area contributed by atoms with Crippen molar-refractivity contribution >= 4 is 39.2 Å². The van der Waals surface area contributed by atoms with Gasteiger partial charge in [0.2, 0.25) is 5.91 Å². The van der Waals surface area contributed by atoms with Crippen molar-refractivity contribution in [3.05, 3.63) is 46.1 Å². The van der Waals surface area contributed by atoms with Gasteiger partial charge < -0.3 is 9.64 Å². The van der Waals surface area contributed by atoms with Gasteiger partial charge in [-0.25, -0.2) is 4.98 Å². The van der Waals surface area contributed by atoms with Crippen molar-refractivity contribution in [3.8, 4) is 11.4 Å². The largest absolute Gasteiger partial charge is 0.497 e. The van der Waals surface area contributed by atoms with Gasteiger partial charge in [0.1, 0.15) is 10.4 Å². The van der Waals surface area contributed by atoms with Gasteiger partial charge in [0, 0.05) is 13.1 Å². The predicted molar refractivity (Wildman–Crippen MR) is 108 cm³/mol. The lowest BCUT2D eigenvalue weighted by Crippen LogP contribution is -2.29. The van der Waals surface area contributed by atoms with E-state index in [0.717, 1.165) is 31.7 Å². The number of carbonyl (C=O) groups excluding carboxylic acids is 1. The first-order valence-electron chi connectivity index (χ1n) is 8.72. The smallest absolute Gasteiger partial charge is 0.276 e. The van der Waals surface area contributed by atoms with Crippen LogP contribution in [0.3, 0.4) is 0 Å². The number of benzene rings is 1. The van der Waals surface area contributed by atoms with Gasteiger partial charge in [-0.05, 0) is 48.6 Å². The van der Waals surface area contributed by atoms with E-state index in [2.05, 4.69) is 4.98 Å². The fraction of sp³-hybridized carbons (Fsp3) is 0.316. The van der Waals surface area contributed by atoms with Gasteiger partial charge in [0.05, 0.1) is 24.1 Å². The molecule has 0 spiro atoms. The molecule has 0 aliphatic carbocycles. The number of carbonyl (C=O) groups is 1. The summed E-state index contributed by atoms with van der Waals surface area (Å²) in [5, 5.41) is 2.39. The first kappa shape index (κ1) is 18.1. The van der Waals surface area contributed by atoms with E-state index in [1.165, 1.54) is 23.1 Å². The Morgan fingerprint density at radius 1 is 1.22 bits per heavy atom. The monoisotopic (exact) mass is 401 g/mol. The summed E-state index contributed by atoms with van der Waals surface area (Å²) in [6, 6.07) is 9.11. The molecule has 1 aromatic carbocycles. The lowest BCUT2D eigenvalue weighted by molar-refractivity contribution is -0.127. The second-order valence-electron chi connectivity index (χ2n) is 6.24. The average molecular weight is 402 g/mol. The molecule has 0 radical (unpaired) electrons. The molecule has 0 bridgehead atoms. The maximum absolute atomic E-state index is 13.1. The Labute approximate surface area is 164 Å². The van der Waals surface area contributed by atoms with Gasteiger partial charge in [-0.15, -0.1) is 11.3 Å². The molecule has 1 aliphatic heterocycles. The summed E-state index contributed by atoms with van der Waals surface area (Å²) in [4.78, 5) is 32.0. The van der Waals surface area contributed by atoms with Crippen molar-refractivity contribution in [2.75, 3.05) is 26.0 Å². The maximum Gasteiger partial charge on any atom is 0.276 e. The van der Waals surface area contributed by atoms with Crippen LogP contribution >= 0.6 is 23.1 Å². The molecule has 4 rings (SSSR count). The predicted octanol–water partition coefficient (Wildman–Crippen LogP) is 3.17. The Morgan fingerprint density at radius 2 is 1.96 bits per heavy atom. The molecule has 1 fully saturated rings. The Bertz CT molecular complexity index is 1020. The number of fused-ring (bicyclic) bond motifs is 1. The van der Waals surface area contributed by atoms with Gasteiger partial charge in [0.15, 0.2) is 5.16 Å². The molecule has 0 atom stereocenters. The molecule has 1 aliphatic rings. The third-order valence-electron chi connectivity index (χ3n) is 4.56. The number of hydrogen-bond acceptors (Lipinski definition) is 6. The number of rotatable bonds is 5. The van der Waals surface area contributed by atoms with E-state index in [4.69, 9.17) is 4.74 Å². The van der Waals surface area contributed by atoms with Crippen molar-refractivity contribution in [2.24, 2.45) is 0 Å². The summed E-state index contributed by atoms with van der Waals surface area (Å²) in [5.74, 6) is 1.09. The first-order valence-corrected chi connectivity index (χ1v) is 10.6. The summed E-state index contributed by atoms with van der Waals surface area (Å²) < 4.78 is 7.40. The van der Waals surface area contributed by atoms with Gasteiger partial charge in [0.25, 0.3) is 5.56 Å². The van der Waals surface area contributed by atoms with E-state index in [1.807, 2.05) is 40.6 Å². The summed E-state index contributed by atoms with van der Waals surface area (Å²) in [6.45, 7) is 1.64. The number of thioether (sulfide) groups is 1. The van der Waals surface area contributed by atoms with Crippen LogP contribution in [0.15, 0.2) is 45.7 Å². The highest BCUT2D eigenvalue weighted by Crippen LogP contribution is 2.25. The van der Waals surface area contributed by atoms with Crippen LogP contribution in [0.2, 0.25) is 0 Å². The molecule has 1 amide bonds. The van der Waals surface area contributed by atoms with E-state index in [1.54, 1.807) is 11.7 Å². The zero-order chi connectivity index (χ0) is 18.8. The van der Waals surface area contributed by atoms with Gasteiger partial charge in [-0.3, -0.25) is 14.2 Å². The van der Waals surface area contributed by atoms with Crippen LogP contribution in [-0.4, -0.2) is 46.3 Å². The molecule has 3 aromatic rings. The van der Waals surface area contributed by atoms with Crippen LogP contribution in [-0.2, 0) is 4.79 Å². The number of amides is 1. The quantitative estimate of drug-likeness (QED) is 0.485. The maximum atomic E-state index is 13.1. The molecule has 27 heavy (non-hydrogen) atoms. The van der Waals surface area contributed by atoms with Crippen LogP contribution in [0.25, 0.3) is 15.9 Å². The van der Waals surface area contributed by atoms with E-state index < -0.39 is 0 Å². The van der Waals surface area contributed by atoms with Crippen molar-refractivity contribution in [2.45, 2.75) is 18.0 Å². The summed E-state index contributed by atoms with van der Waals surface area (Å²) in [5.41, 5.74) is 1.27. The normalized spacial score (nSPS) is 14.0. The second-order valence-corrected chi connectivity index (χ2v) is 8.10. The van der Waals surface area contributed by atoms with Crippen LogP contribution < -0.4 is 10.3 Å². The molecule has 0 saturated carbocycles. The molecule has 0 unspecified atom stereocenters. The molecule has 2 aromatic heterocycles. The second kappa shape index (κ2) is 7.74. The molecule has 0 N–H and O–H groups in total. The minimum Gasteiger partial charge on any atom is -0.497 e. The van der Waals surface area contributed by atoms with Gasteiger partial charge >= 0.3 is 0 Å². The number of aromatic nitrogens is 2. The van der Waals surface area contributed by atoms with Crippen molar-refractivity contribution in [1.29, 1.82) is 0 Å². The number of ether oxygens (including phenoxy) is 1. The molecular formula is C19H19N3O3S2. The van der Waals surface area contributed by atoms with Crippen LogP contribution in [0.4, 0.5) is 0 Å². The summed E-state index contributed by atoms with van der Waals surface area (Å²) in [6.07, 6.45) is 2.12. The van der Waals surface area contributed by atoms with Crippen LogP contribution in [0.1, 0.15) is 12.8 Å². The van der Waals surface area contributed by atoms with E-state index >= 15 is 0 Å². The Balaban J connectivity index is 1.71. The number of nitrogens with zero attached hydrogens (tertiary/aromatic N) is 3. The van der Waals surface area contributed by atoms with Crippen molar-refractivity contribution in [1.82, 2.24) is 14.5 Å². The van der Waals surface area contributed by atoms with E-state index in [-0.39, 0.29) is 17.2 Å². The van der Waals surface area contributed by atoms with Gasteiger partial charge in [-0.1, -0.05) is 11.8 Å².